The number of aryl methyl sites for hydroxylation is 1. The Balaban J connectivity index is 2.02. The monoisotopic (exact) mass is 426 g/mol. The fourth-order valence-corrected chi connectivity index (χ4v) is 3.45. The van der Waals surface area contributed by atoms with Crippen molar-refractivity contribution in [2.75, 3.05) is 13.7 Å². The quantitative estimate of drug-likeness (QED) is 0.381. The number of thiazole rings is 1. The highest BCUT2D eigenvalue weighted by molar-refractivity contribution is 7.13. The van der Waals surface area contributed by atoms with E-state index in [4.69, 9.17) is 4.74 Å². The van der Waals surface area contributed by atoms with E-state index in [1.54, 1.807) is 39.1 Å². The van der Waals surface area contributed by atoms with Crippen molar-refractivity contribution in [3.8, 4) is 5.75 Å². The predicted octanol–water partition coefficient (Wildman–Crippen LogP) is 3.66. The van der Waals surface area contributed by atoms with Crippen molar-refractivity contribution in [3.63, 3.8) is 0 Å². The maximum absolute atomic E-state index is 12.5. The molecule has 2 N–H and O–H groups in total. The number of benzene rings is 1. The van der Waals surface area contributed by atoms with Crippen LogP contribution in [-0.4, -0.2) is 37.2 Å². The van der Waals surface area contributed by atoms with Gasteiger partial charge in [0.2, 0.25) is 0 Å². The van der Waals surface area contributed by atoms with Crippen LogP contribution < -0.4 is 15.4 Å². The SMILES string of the molecule is CCOC(=O)c1sc(C(C)NC(=NC)NCc2ccccc2OC(F)F)nc1C. The molecule has 0 fully saturated rings. The maximum atomic E-state index is 12.5. The summed E-state index contributed by atoms with van der Waals surface area (Å²) in [6.07, 6.45) is 0. The van der Waals surface area contributed by atoms with Crippen LogP contribution in [0.4, 0.5) is 8.78 Å². The molecule has 1 heterocycles. The zero-order chi connectivity index (χ0) is 21.4. The van der Waals surface area contributed by atoms with Crippen LogP contribution in [-0.2, 0) is 11.3 Å². The van der Waals surface area contributed by atoms with E-state index in [-0.39, 0.29) is 24.3 Å². The lowest BCUT2D eigenvalue weighted by Gasteiger charge is -2.17. The molecule has 0 aliphatic rings. The number of aromatic nitrogens is 1. The molecule has 0 saturated heterocycles. The first kappa shape index (κ1) is 22.5. The number of para-hydroxylation sites is 1. The van der Waals surface area contributed by atoms with Gasteiger partial charge in [0, 0.05) is 19.2 Å². The largest absolute Gasteiger partial charge is 0.462 e. The second-order valence-corrected chi connectivity index (χ2v) is 7.00. The molecule has 7 nitrogen and oxygen atoms in total. The average Bonchev–Trinajstić information content (AvgIpc) is 3.07. The number of nitrogens with zero attached hydrogens (tertiary/aromatic N) is 2. The minimum absolute atomic E-state index is 0.105. The van der Waals surface area contributed by atoms with Gasteiger partial charge >= 0.3 is 12.6 Å². The summed E-state index contributed by atoms with van der Waals surface area (Å²) in [5.74, 6) is 0.169. The molecule has 0 bridgehead atoms. The lowest BCUT2D eigenvalue weighted by molar-refractivity contribution is -0.0504. The van der Waals surface area contributed by atoms with Crippen LogP contribution in [0.15, 0.2) is 29.3 Å². The van der Waals surface area contributed by atoms with Gasteiger partial charge in [0.25, 0.3) is 0 Å². The number of guanidine groups is 1. The smallest absolute Gasteiger partial charge is 0.387 e. The standard InChI is InChI=1S/C19H24F2N4O3S/c1-5-27-17(26)15-11(2)24-16(29-15)12(3)25-19(22-4)23-10-13-8-6-7-9-14(13)28-18(20)21/h6-9,12,18H,5,10H2,1-4H3,(H2,22,23,25). The van der Waals surface area contributed by atoms with Gasteiger partial charge in [0.05, 0.1) is 18.3 Å². The topological polar surface area (TPSA) is 84.8 Å². The molecule has 1 unspecified atom stereocenters. The average molecular weight is 426 g/mol. The molecular formula is C19H24F2N4O3S. The Bertz CT molecular complexity index is 858. The van der Waals surface area contributed by atoms with E-state index in [2.05, 4.69) is 25.3 Å². The number of esters is 1. The Morgan fingerprint density at radius 1 is 1.34 bits per heavy atom. The molecule has 1 aromatic heterocycles. The van der Waals surface area contributed by atoms with Gasteiger partial charge in [0.1, 0.15) is 15.6 Å². The van der Waals surface area contributed by atoms with E-state index in [0.717, 1.165) is 0 Å². The summed E-state index contributed by atoms with van der Waals surface area (Å²) in [4.78, 5) is 21.0. The van der Waals surface area contributed by atoms with Gasteiger partial charge in [-0.25, -0.2) is 9.78 Å². The van der Waals surface area contributed by atoms with Gasteiger partial charge in [-0.15, -0.1) is 11.3 Å². The van der Waals surface area contributed by atoms with E-state index in [1.165, 1.54) is 17.4 Å². The molecule has 1 aromatic carbocycles. The first-order valence-corrected chi connectivity index (χ1v) is 9.81. The van der Waals surface area contributed by atoms with Gasteiger partial charge in [0.15, 0.2) is 5.96 Å². The minimum Gasteiger partial charge on any atom is -0.462 e. The molecule has 0 amide bonds. The molecular weight excluding hydrogens is 402 g/mol. The molecule has 0 saturated carbocycles. The zero-order valence-corrected chi connectivity index (χ0v) is 17.5. The van der Waals surface area contributed by atoms with Gasteiger partial charge in [-0.3, -0.25) is 4.99 Å². The first-order valence-electron chi connectivity index (χ1n) is 9.00. The normalized spacial score (nSPS) is 12.6. The number of carbonyl (C=O) groups is 1. The number of carbonyl (C=O) groups excluding carboxylic acids is 1. The second kappa shape index (κ2) is 10.7. The lowest BCUT2D eigenvalue weighted by Crippen LogP contribution is -2.38. The third-order valence-corrected chi connectivity index (χ3v) is 5.18. The van der Waals surface area contributed by atoms with Crippen molar-refractivity contribution in [2.45, 2.75) is 40.0 Å². The summed E-state index contributed by atoms with van der Waals surface area (Å²) in [6, 6.07) is 6.31. The third-order valence-electron chi connectivity index (χ3n) is 3.86. The Hall–Kier alpha value is -2.75. The van der Waals surface area contributed by atoms with Gasteiger partial charge in [-0.2, -0.15) is 8.78 Å². The summed E-state index contributed by atoms with van der Waals surface area (Å²) in [6.45, 7) is 3.03. The molecule has 0 spiro atoms. The fourth-order valence-electron chi connectivity index (χ4n) is 2.49. The highest BCUT2D eigenvalue weighted by Crippen LogP contribution is 2.24. The van der Waals surface area contributed by atoms with Crippen LogP contribution in [0.2, 0.25) is 0 Å². The fraction of sp³-hybridized carbons (Fsp3) is 0.421. The highest BCUT2D eigenvalue weighted by Gasteiger charge is 2.20. The molecule has 29 heavy (non-hydrogen) atoms. The number of aliphatic imine (C=N–C) groups is 1. The van der Waals surface area contributed by atoms with Crippen molar-refractivity contribution in [1.29, 1.82) is 0 Å². The van der Waals surface area contributed by atoms with Crippen LogP contribution in [0.25, 0.3) is 0 Å². The number of halogens is 2. The Morgan fingerprint density at radius 2 is 2.07 bits per heavy atom. The first-order chi connectivity index (χ1) is 13.8. The van der Waals surface area contributed by atoms with Crippen LogP contribution >= 0.6 is 11.3 Å². The van der Waals surface area contributed by atoms with Crippen LogP contribution in [0, 0.1) is 6.92 Å². The van der Waals surface area contributed by atoms with E-state index < -0.39 is 6.61 Å². The van der Waals surface area contributed by atoms with Gasteiger partial charge in [-0.05, 0) is 26.8 Å². The van der Waals surface area contributed by atoms with E-state index >= 15 is 0 Å². The highest BCUT2D eigenvalue weighted by atomic mass is 32.1. The van der Waals surface area contributed by atoms with Gasteiger partial charge in [-0.1, -0.05) is 18.2 Å². The number of hydrogen-bond donors (Lipinski definition) is 2. The number of nitrogens with one attached hydrogen (secondary N) is 2. The van der Waals surface area contributed by atoms with Crippen LogP contribution in [0.1, 0.15) is 45.8 Å². The Morgan fingerprint density at radius 3 is 2.72 bits per heavy atom. The lowest BCUT2D eigenvalue weighted by atomic mass is 10.2. The van der Waals surface area contributed by atoms with E-state index in [9.17, 15) is 13.6 Å². The summed E-state index contributed by atoms with van der Waals surface area (Å²) in [7, 11) is 1.60. The zero-order valence-electron chi connectivity index (χ0n) is 16.7. The van der Waals surface area contributed by atoms with Crippen LogP contribution in [0.5, 0.6) is 5.75 Å². The third kappa shape index (κ3) is 6.38. The van der Waals surface area contributed by atoms with Crippen molar-refractivity contribution in [3.05, 3.63) is 45.4 Å². The molecule has 0 radical (unpaired) electrons. The predicted molar refractivity (Wildman–Crippen MR) is 108 cm³/mol. The number of hydrogen-bond acceptors (Lipinski definition) is 6. The van der Waals surface area contributed by atoms with Crippen molar-refractivity contribution in [1.82, 2.24) is 15.6 Å². The molecule has 1 atom stereocenters. The second-order valence-electron chi connectivity index (χ2n) is 5.97. The molecule has 0 aliphatic carbocycles. The molecule has 0 aliphatic heterocycles. The minimum atomic E-state index is -2.89. The summed E-state index contributed by atoms with van der Waals surface area (Å²) in [5.41, 5.74) is 1.18. The van der Waals surface area contributed by atoms with Gasteiger partial charge < -0.3 is 20.1 Å². The van der Waals surface area contributed by atoms with Crippen molar-refractivity contribution in [2.24, 2.45) is 4.99 Å². The number of ether oxygens (including phenoxy) is 2. The van der Waals surface area contributed by atoms with Crippen LogP contribution in [0.3, 0.4) is 0 Å². The van der Waals surface area contributed by atoms with E-state index in [1.807, 2.05) is 6.92 Å². The summed E-state index contributed by atoms with van der Waals surface area (Å²) in [5, 5.41) is 6.94. The summed E-state index contributed by atoms with van der Waals surface area (Å²) < 4.78 is 34.7. The molecule has 2 aromatic rings. The van der Waals surface area contributed by atoms with Crippen molar-refractivity contribution < 1.29 is 23.0 Å². The number of rotatable bonds is 8. The van der Waals surface area contributed by atoms with E-state index in [0.29, 0.717) is 33.7 Å². The Labute approximate surface area is 172 Å². The molecule has 2 rings (SSSR count). The molecule has 10 heteroatoms. The Kier molecular flexibility index (Phi) is 8.32. The van der Waals surface area contributed by atoms with Crippen molar-refractivity contribution >= 4 is 23.3 Å². The maximum Gasteiger partial charge on any atom is 0.387 e. The molecule has 158 valence electrons. The number of alkyl halides is 2. The summed E-state index contributed by atoms with van der Waals surface area (Å²) >= 11 is 1.26.